The number of hydrogen-bond acceptors (Lipinski definition) is 7. The number of hydrogen-bond donors (Lipinski definition) is 1. The molecule has 9 nitrogen and oxygen atoms in total. The molecule has 0 aliphatic heterocycles. The summed E-state index contributed by atoms with van der Waals surface area (Å²) >= 11 is 0. The summed E-state index contributed by atoms with van der Waals surface area (Å²) in [6.45, 7) is 0.274. The first-order chi connectivity index (χ1) is 10.5. The summed E-state index contributed by atoms with van der Waals surface area (Å²) in [6.07, 6.45) is 4.49. The highest BCUT2D eigenvalue weighted by Gasteiger charge is 2.25. The van der Waals surface area contributed by atoms with Crippen molar-refractivity contribution in [3.63, 3.8) is 0 Å². The predicted octanol–water partition coefficient (Wildman–Crippen LogP) is 2.22. The molecule has 9 heteroatoms. The minimum Gasteiger partial charge on any atom is -0.497 e. The van der Waals surface area contributed by atoms with Crippen LogP contribution in [-0.2, 0) is 6.54 Å². The van der Waals surface area contributed by atoms with Crippen molar-refractivity contribution in [1.29, 1.82) is 0 Å². The molecule has 22 heavy (non-hydrogen) atoms. The molecule has 0 aliphatic carbocycles. The average molecular weight is 302 g/mol. The lowest BCUT2D eigenvalue weighted by Crippen LogP contribution is -1.97. The molecule has 2 aromatic rings. The maximum Gasteiger partial charge on any atom is 0.318 e. The number of nitrogens with zero attached hydrogens (tertiary/aromatic N) is 4. The van der Waals surface area contributed by atoms with Crippen LogP contribution in [0.4, 0.5) is 11.4 Å². The number of aromatic hydroxyl groups is 1. The van der Waals surface area contributed by atoms with E-state index in [2.05, 4.69) is 9.98 Å². The number of benzene rings is 1. The fourth-order valence-electron chi connectivity index (χ4n) is 1.73. The maximum atomic E-state index is 10.8. The Labute approximate surface area is 123 Å². The second-order valence-electron chi connectivity index (χ2n) is 4.25. The number of aromatic nitrogens is 1. The van der Waals surface area contributed by atoms with E-state index >= 15 is 0 Å². The smallest absolute Gasteiger partial charge is 0.318 e. The minimum atomic E-state index is -0.973. The molecule has 0 saturated heterocycles. The van der Waals surface area contributed by atoms with Crippen LogP contribution in [0.25, 0.3) is 0 Å². The van der Waals surface area contributed by atoms with Crippen LogP contribution in [0.1, 0.15) is 11.1 Å². The van der Waals surface area contributed by atoms with E-state index < -0.39 is 27.0 Å². The van der Waals surface area contributed by atoms with Gasteiger partial charge in [0, 0.05) is 36.3 Å². The van der Waals surface area contributed by atoms with Crippen molar-refractivity contribution in [2.24, 2.45) is 4.99 Å². The summed E-state index contributed by atoms with van der Waals surface area (Å²) in [5.74, 6) is -0.973. The van der Waals surface area contributed by atoms with Gasteiger partial charge in [0.25, 0.3) is 5.75 Å². The first-order valence-corrected chi connectivity index (χ1v) is 6.03. The fraction of sp³-hybridized carbons (Fsp3) is 0.0769. The monoisotopic (exact) mass is 302 g/mol. The summed E-state index contributed by atoms with van der Waals surface area (Å²) in [5.41, 5.74) is -0.504. The Bertz CT molecular complexity index is 710. The van der Waals surface area contributed by atoms with Gasteiger partial charge in [-0.25, -0.2) is 0 Å². The molecule has 1 heterocycles. The molecule has 0 spiro atoms. The highest BCUT2D eigenvalue weighted by atomic mass is 16.6. The molecule has 0 radical (unpaired) electrons. The van der Waals surface area contributed by atoms with Crippen molar-refractivity contribution in [3.05, 3.63) is 68.0 Å². The molecule has 0 aliphatic rings. The second kappa shape index (κ2) is 6.39. The predicted molar refractivity (Wildman–Crippen MR) is 77.0 cm³/mol. The molecule has 0 saturated carbocycles. The molecule has 1 aromatic heterocycles. The maximum absolute atomic E-state index is 10.8. The van der Waals surface area contributed by atoms with Gasteiger partial charge in [-0.3, -0.25) is 30.2 Å². The number of pyridine rings is 1. The third-order valence-corrected chi connectivity index (χ3v) is 2.72. The van der Waals surface area contributed by atoms with Gasteiger partial charge in [-0.2, -0.15) is 0 Å². The van der Waals surface area contributed by atoms with Crippen LogP contribution in [0.3, 0.4) is 0 Å². The molecule has 0 amide bonds. The molecule has 0 fully saturated rings. The van der Waals surface area contributed by atoms with Crippen molar-refractivity contribution >= 4 is 17.6 Å². The van der Waals surface area contributed by atoms with E-state index in [0.29, 0.717) is 0 Å². The van der Waals surface area contributed by atoms with Crippen LogP contribution < -0.4 is 0 Å². The van der Waals surface area contributed by atoms with Crippen LogP contribution in [0.2, 0.25) is 0 Å². The lowest BCUT2D eigenvalue weighted by molar-refractivity contribution is -0.396. The Morgan fingerprint density at radius 1 is 1.23 bits per heavy atom. The lowest BCUT2D eigenvalue weighted by Gasteiger charge is -2.00. The average Bonchev–Trinajstić information content (AvgIpc) is 2.49. The molecule has 2 rings (SSSR count). The van der Waals surface area contributed by atoms with Gasteiger partial charge in [-0.05, 0) is 11.6 Å². The molecule has 1 aromatic carbocycles. The molecule has 1 N–H and O–H groups in total. The lowest BCUT2D eigenvalue weighted by atomic mass is 10.1. The van der Waals surface area contributed by atoms with E-state index in [9.17, 15) is 25.3 Å². The van der Waals surface area contributed by atoms with Crippen LogP contribution >= 0.6 is 0 Å². The van der Waals surface area contributed by atoms with E-state index in [1.165, 1.54) is 6.21 Å². The van der Waals surface area contributed by atoms with Crippen molar-refractivity contribution in [1.82, 2.24) is 4.98 Å². The van der Waals surface area contributed by atoms with Crippen molar-refractivity contribution in [2.75, 3.05) is 0 Å². The normalized spacial score (nSPS) is 10.7. The number of aliphatic imine (C=N–C) groups is 1. The van der Waals surface area contributed by atoms with Crippen LogP contribution in [0, 0.1) is 20.2 Å². The van der Waals surface area contributed by atoms with Gasteiger partial charge >= 0.3 is 11.4 Å². The Morgan fingerprint density at radius 2 is 1.86 bits per heavy atom. The van der Waals surface area contributed by atoms with Gasteiger partial charge in [0.1, 0.15) is 0 Å². The standard InChI is InChI=1S/C13H10N4O5/c18-13-11(16(19)20)4-10(5-12(13)17(21)22)8-15-7-9-2-1-3-14-6-9/h1-6,8,18H,7H2. The van der Waals surface area contributed by atoms with Gasteiger partial charge < -0.3 is 5.11 Å². The largest absolute Gasteiger partial charge is 0.497 e. The van der Waals surface area contributed by atoms with E-state index in [-0.39, 0.29) is 12.1 Å². The van der Waals surface area contributed by atoms with Gasteiger partial charge in [0.05, 0.1) is 16.4 Å². The van der Waals surface area contributed by atoms with Crippen LogP contribution in [-0.4, -0.2) is 26.2 Å². The fourth-order valence-corrected chi connectivity index (χ4v) is 1.73. The summed E-state index contributed by atoms with van der Waals surface area (Å²) in [4.78, 5) is 27.8. The molecular weight excluding hydrogens is 292 g/mol. The van der Waals surface area contributed by atoms with Gasteiger partial charge in [0.15, 0.2) is 0 Å². The summed E-state index contributed by atoms with van der Waals surface area (Å²) in [7, 11) is 0. The number of nitro benzene ring substituents is 2. The Kier molecular flexibility index (Phi) is 4.37. The Balaban J connectivity index is 2.31. The zero-order chi connectivity index (χ0) is 16.1. The first kappa shape index (κ1) is 15.0. The SMILES string of the molecule is O=[N+]([O-])c1cc(C=NCc2cccnc2)cc([N+](=O)[O-])c1O. The zero-order valence-electron chi connectivity index (χ0n) is 11.1. The Hall–Kier alpha value is -3.36. The number of rotatable bonds is 5. The molecule has 0 bridgehead atoms. The van der Waals surface area contributed by atoms with E-state index in [4.69, 9.17) is 0 Å². The zero-order valence-corrected chi connectivity index (χ0v) is 11.1. The van der Waals surface area contributed by atoms with Crippen molar-refractivity contribution in [2.45, 2.75) is 6.54 Å². The molecular formula is C13H10N4O5. The molecule has 0 atom stereocenters. The van der Waals surface area contributed by atoms with Gasteiger partial charge in [-0.1, -0.05) is 6.07 Å². The number of phenolic OH excluding ortho intramolecular Hbond substituents is 1. The van der Waals surface area contributed by atoms with Crippen LogP contribution in [0.5, 0.6) is 5.75 Å². The third-order valence-electron chi connectivity index (χ3n) is 2.72. The molecule has 112 valence electrons. The highest BCUT2D eigenvalue weighted by molar-refractivity contribution is 5.84. The number of nitro groups is 2. The third kappa shape index (κ3) is 3.39. The van der Waals surface area contributed by atoms with E-state index in [1.807, 2.05) is 0 Å². The topological polar surface area (TPSA) is 132 Å². The van der Waals surface area contributed by atoms with Gasteiger partial charge in [0.2, 0.25) is 0 Å². The number of phenols is 1. The van der Waals surface area contributed by atoms with Crippen LogP contribution in [0.15, 0.2) is 41.7 Å². The summed E-state index contributed by atoms with van der Waals surface area (Å²) in [6, 6.07) is 5.58. The first-order valence-electron chi connectivity index (χ1n) is 6.03. The summed E-state index contributed by atoms with van der Waals surface area (Å²) < 4.78 is 0. The minimum absolute atomic E-state index is 0.153. The highest BCUT2D eigenvalue weighted by Crippen LogP contribution is 2.36. The second-order valence-corrected chi connectivity index (χ2v) is 4.25. The van der Waals surface area contributed by atoms with Gasteiger partial charge in [-0.15, -0.1) is 0 Å². The van der Waals surface area contributed by atoms with E-state index in [0.717, 1.165) is 17.7 Å². The quantitative estimate of drug-likeness (QED) is 0.511. The van der Waals surface area contributed by atoms with Crippen molar-refractivity contribution in [3.8, 4) is 5.75 Å². The van der Waals surface area contributed by atoms with E-state index in [1.54, 1.807) is 24.5 Å². The summed E-state index contributed by atoms with van der Waals surface area (Å²) in [5, 5.41) is 31.1. The van der Waals surface area contributed by atoms with Crippen molar-refractivity contribution < 1.29 is 15.0 Å². The Morgan fingerprint density at radius 3 is 2.36 bits per heavy atom. The molecule has 0 unspecified atom stereocenters.